The molecule has 1 N–H and O–H groups in total. The Bertz CT molecular complexity index is 579. The Morgan fingerprint density at radius 3 is 2.80 bits per heavy atom. The molecule has 4 nitrogen and oxygen atoms in total. The standard InChI is InChI=1S/C14H19BrClN3O/c1-4-17-11(10-6-7-20-14(10)16)8-12-13(15)9(3)18-19(12)5-2/h6-7,11,17H,4-5,8H2,1-3H3. The van der Waals surface area contributed by atoms with Gasteiger partial charge in [0.05, 0.1) is 22.1 Å². The Kier molecular flexibility index (Phi) is 5.29. The van der Waals surface area contributed by atoms with Crippen LogP contribution in [-0.4, -0.2) is 16.3 Å². The topological polar surface area (TPSA) is 43.0 Å². The molecule has 2 heterocycles. The summed E-state index contributed by atoms with van der Waals surface area (Å²) in [6, 6.07) is 2.03. The normalized spacial score (nSPS) is 12.8. The SMILES string of the molecule is CCNC(Cc1c(Br)c(C)nn1CC)c1ccoc1Cl. The highest BCUT2D eigenvalue weighted by atomic mass is 79.9. The molecule has 2 aromatic rings. The highest BCUT2D eigenvalue weighted by Crippen LogP contribution is 2.30. The van der Waals surface area contributed by atoms with Gasteiger partial charge in [0, 0.05) is 24.6 Å². The number of rotatable bonds is 6. The summed E-state index contributed by atoms with van der Waals surface area (Å²) in [5, 5.41) is 8.44. The highest BCUT2D eigenvalue weighted by molar-refractivity contribution is 9.10. The molecule has 2 rings (SSSR count). The van der Waals surface area contributed by atoms with E-state index >= 15 is 0 Å². The molecule has 110 valence electrons. The zero-order valence-electron chi connectivity index (χ0n) is 11.9. The van der Waals surface area contributed by atoms with Gasteiger partial charge in [-0.2, -0.15) is 5.10 Å². The fourth-order valence-electron chi connectivity index (χ4n) is 2.35. The second-order valence-electron chi connectivity index (χ2n) is 4.63. The minimum atomic E-state index is 0.115. The minimum absolute atomic E-state index is 0.115. The van der Waals surface area contributed by atoms with Gasteiger partial charge in [-0.3, -0.25) is 4.68 Å². The number of nitrogens with one attached hydrogen (secondary N) is 1. The van der Waals surface area contributed by atoms with E-state index in [2.05, 4.69) is 40.2 Å². The van der Waals surface area contributed by atoms with Gasteiger partial charge in [-0.1, -0.05) is 6.92 Å². The molecular weight excluding hydrogens is 342 g/mol. The summed E-state index contributed by atoms with van der Waals surface area (Å²) < 4.78 is 8.31. The number of nitrogens with zero attached hydrogens (tertiary/aromatic N) is 2. The summed E-state index contributed by atoms with van der Waals surface area (Å²) in [6.45, 7) is 7.89. The molecule has 0 aromatic carbocycles. The molecule has 0 aliphatic heterocycles. The molecule has 0 saturated heterocycles. The summed E-state index contributed by atoms with van der Waals surface area (Å²) >= 11 is 9.75. The van der Waals surface area contributed by atoms with Crippen molar-refractivity contribution in [1.82, 2.24) is 15.1 Å². The number of furan rings is 1. The van der Waals surface area contributed by atoms with Crippen LogP contribution in [0.4, 0.5) is 0 Å². The van der Waals surface area contributed by atoms with E-state index in [1.165, 1.54) is 5.69 Å². The van der Waals surface area contributed by atoms with Crippen molar-refractivity contribution in [3.05, 3.63) is 39.0 Å². The lowest BCUT2D eigenvalue weighted by Gasteiger charge is -2.18. The molecule has 1 unspecified atom stereocenters. The van der Waals surface area contributed by atoms with Gasteiger partial charge in [0.1, 0.15) is 0 Å². The Morgan fingerprint density at radius 2 is 2.25 bits per heavy atom. The van der Waals surface area contributed by atoms with Gasteiger partial charge >= 0.3 is 0 Å². The lowest BCUT2D eigenvalue weighted by atomic mass is 10.0. The van der Waals surface area contributed by atoms with Crippen LogP contribution in [0, 0.1) is 6.92 Å². The fraction of sp³-hybridized carbons (Fsp3) is 0.500. The maximum atomic E-state index is 6.11. The van der Waals surface area contributed by atoms with E-state index in [9.17, 15) is 0 Å². The lowest BCUT2D eigenvalue weighted by molar-refractivity contribution is 0.504. The van der Waals surface area contributed by atoms with Gasteiger partial charge in [-0.15, -0.1) is 0 Å². The number of halogens is 2. The monoisotopic (exact) mass is 359 g/mol. The third kappa shape index (κ3) is 3.10. The molecule has 0 aliphatic rings. The maximum absolute atomic E-state index is 6.11. The summed E-state index contributed by atoms with van der Waals surface area (Å²) in [4.78, 5) is 0. The van der Waals surface area contributed by atoms with Crippen molar-refractivity contribution in [2.45, 2.75) is 39.8 Å². The van der Waals surface area contributed by atoms with Crippen LogP contribution in [0.2, 0.25) is 5.22 Å². The van der Waals surface area contributed by atoms with Crippen LogP contribution in [0.3, 0.4) is 0 Å². The first-order chi connectivity index (χ1) is 9.58. The van der Waals surface area contributed by atoms with Crippen molar-refractivity contribution in [3.63, 3.8) is 0 Å². The van der Waals surface area contributed by atoms with Crippen LogP contribution < -0.4 is 5.32 Å². The van der Waals surface area contributed by atoms with Crippen LogP contribution in [0.25, 0.3) is 0 Å². The van der Waals surface area contributed by atoms with E-state index < -0.39 is 0 Å². The van der Waals surface area contributed by atoms with Crippen LogP contribution in [0.1, 0.15) is 36.8 Å². The Morgan fingerprint density at radius 1 is 1.50 bits per heavy atom. The molecule has 20 heavy (non-hydrogen) atoms. The zero-order chi connectivity index (χ0) is 14.7. The van der Waals surface area contributed by atoms with Gasteiger partial charge in [-0.05, 0) is 54.0 Å². The first-order valence-corrected chi connectivity index (χ1v) is 7.93. The van der Waals surface area contributed by atoms with E-state index in [1.54, 1.807) is 6.26 Å². The van der Waals surface area contributed by atoms with Gasteiger partial charge in [-0.25, -0.2) is 0 Å². The fourth-order valence-corrected chi connectivity index (χ4v) is 3.04. The Labute approximate surface area is 132 Å². The third-order valence-corrected chi connectivity index (χ3v) is 4.66. The maximum Gasteiger partial charge on any atom is 0.197 e. The smallest absolute Gasteiger partial charge is 0.197 e. The van der Waals surface area contributed by atoms with Gasteiger partial charge < -0.3 is 9.73 Å². The van der Waals surface area contributed by atoms with Crippen molar-refractivity contribution < 1.29 is 4.42 Å². The second-order valence-corrected chi connectivity index (χ2v) is 5.76. The summed E-state index contributed by atoms with van der Waals surface area (Å²) in [5.41, 5.74) is 3.17. The number of hydrogen-bond donors (Lipinski definition) is 1. The van der Waals surface area contributed by atoms with Crippen molar-refractivity contribution in [1.29, 1.82) is 0 Å². The average Bonchev–Trinajstić information content (AvgIpc) is 2.96. The molecule has 0 bridgehead atoms. The number of aromatic nitrogens is 2. The van der Waals surface area contributed by atoms with Gasteiger partial charge in [0.25, 0.3) is 0 Å². The van der Waals surface area contributed by atoms with Crippen LogP contribution in [0.5, 0.6) is 0 Å². The van der Waals surface area contributed by atoms with Crippen LogP contribution >= 0.6 is 27.5 Å². The quantitative estimate of drug-likeness (QED) is 0.843. The number of likely N-dealkylation sites (N-methyl/N-ethyl adjacent to an activating group) is 1. The molecular formula is C14H19BrClN3O. The largest absolute Gasteiger partial charge is 0.453 e. The highest BCUT2D eigenvalue weighted by Gasteiger charge is 2.21. The summed E-state index contributed by atoms with van der Waals surface area (Å²) in [5.74, 6) is 0. The Hall–Kier alpha value is -0.780. The molecule has 6 heteroatoms. The second kappa shape index (κ2) is 6.78. The number of hydrogen-bond acceptors (Lipinski definition) is 3. The molecule has 2 aromatic heterocycles. The van der Waals surface area contributed by atoms with E-state index in [0.29, 0.717) is 5.22 Å². The number of aryl methyl sites for hydroxylation is 2. The molecule has 0 amide bonds. The van der Waals surface area contributed by atoms with E-state index in [-0.39, 0.29) is 6.04 Å². The van der Waals surface area contributed by atoms with Crippen LogP contribution in [0.15, 0.2) is 21.2 Å². The molecule has 1 atom stereocenters. The van der Waals surface area contributed by atoms with Crippen molar-refractivity contribution >= 4 is 27.5 Å². The van der Waals surface area contributed by atoms with Crippen molar-refractivity contribution in [3.8, 4) is 0 Å². The van der Waals surface area contributed by atoms with Crippen molar-refractivity contribution in [2.75, 3.05) is 6.54 Å². The third-order valence-electron chi connectivity index (χ3n) is 3.32. The first kappa shape index (κ1) is 15.6. The summed E-state index contributed by atoms with van der Waals surface area (Å²) in [6.07, 6.45) is 2.43. The van der Waals surface area contributed by atoms with Gasteiger partial charge in [0.2, 0.25) is 0 Å². The van der Waals surface area contributed by atoms with E-state index in [4.69, 9.17) is 16.0 Å². The Balaban J connectivity index is 2.31. The first-order valence-electron chi connectivity index (χ1n) is 6.76. The van der Waals surface area contributed by atoms with Gasteiger partial charge in [0.15, 0.2) is 5.22 Å². The minimum Gasteiger partial charge on any atom is -0.453 e. The van der Waals surface area contributed by atoms with Crippen molar-refractivity contribution in [2.24, 2.45) is 0 Å². The molecule has 0 radical (unpaired) electrons. The average molecular weight is 361 g/mol. The molecule has 0 fully saturated rings. The molecule has 0 aliphatic carbocycles. The lowest BCUT2D eigenvalue weighted by Crippen LogP contribution is -2.24. The predicted octanol–water partition coefficient (Wildman–Crippen LogP) is 4.11. The molecule has 0 saturated carbocycles. The molecule has 0 spiro atoms. The van der Waals surface area contributed by atoms with E-state index in [1.807, 2.05) is 17.7 Å². The van der Waals surface area contributed by atoms with Crippen LogP contribution in [-0.2, 0) is 13.0 Å². The zero-order valence-corrected chi connectivity index (χ0v) is 14.3. The predicted molar refractivity (Wildman–Crippen MR) is 84.2 cm³/mol. The summed E-state index contributed by atoms with van der Waals surface area (Å²) in [7, 11) is 0. The van der Waals surface area contributed by atoms with E-state index in [0.717, 1.165) is 35.2 Å².